The topological polar surface area (TPSA) is 105 Å². The number of carbonyl (C=O) groups is 3. The molecular weight excluding hydrogens is 452 g/mol. The summed E-state index contributed by atoms with van der Waals surface area (Å²) in [6.07, 6.45) is -1.58. The zero-order chi connectivity index (χ0) is 22.1. The normalized spacial score (nSPS) is 13.4. The fraction of sp³-hybridized carbons (Fsp3) is 0.227. The van der Waals surface area contributed by atoms with Gasteiger partial charge in [0, 0.05) is 12.0 Å². The lowest BCUT2D eigenvalue weighted by atomic mass is 9.99. The Balaban J connectivity index is 2.24. The number of esters is 1. The van der Waals surface area contributed by atoms with Crippen LogP contribution in [0.5, 0.6) is 0 Å². The van der Waals surface area contributed by atoms with Crippen molar-refractivity contribution in [1.29, 1.82) is 0 Å². The average Bonchev–Trinajstić information content (AvgIpc) is 2.76. The van der Waals surface area contributed by atoms with Gasteiger partial charge < -0.3 is 20.5 Å². The van der Waals surface area contributed by atoms with Crippen LogP contribution in [0.1, 0.15) is 28.4 Å². The average molecular weight is 475 g/mol. The molecule has 0 aliphatic rings. The number of nitrogens with one attached hydrogen (secondary N) is 2. The SMILES string of the molecule is C=C(Br)C[C@@H](NC(=O)[C@H](O)[C@@H](NC(=O)c1ccccc1)c1ccccc1)C(=O)OC. The third-order valence-electron chi connectivity index (χ3n) is 4.29. The number of halogens is 1. The zero-order valence-corrected chi connectivity index (χ0v) is 18.0. The van der Waals surface area contributed by atoms with Gasteiger partial charge >= 0.3 is 5.97 Å². The first-order chi connectivity index (χ1) is 14.3. The molecule has 2 aromatic rings. The van der Waals surface area contributed by atoms with Crippen molar-refractivity contribution >= 4 is 33.7 Å². The van der Waals surface area contributed by atoms with Crippen LogP contribution < -0.4 is 10.6 Å². The van der Waals surface area contributed by atoms with E-state index in [0.717, 1.165) is 0 Å². The zero-order valence-electron chi connectivity index (χ0n) is 16.4. The monoisotopic (exact) mass is 474 g/mol. The molecule has 0 fully saturated rings. The number of amides is 2. The Kier molecular flexibility index (Phi) is 8.76. The van der Waals surface area contributed by atoms with Crippen molar-refractivity contribution in [3.63, 3.8) is 0 Å². The van der Waals surface area contributed by atoms with Crippen molar-refractivity contribution < 1.29 is 24.2 Å². The van der Waals surface area contributed by atoms with Gasteiger partial charge in [-0.15, -0.1) is 0 Å². The molecule has 0 saturated carbocycles. The van der Waals surface area contributed by atoms with Crippen molar-refractivity contribution in [2.45, 2.75) is 24.6 Å². The number of aliphatic hydroxyl groups is 1. The lowest BCUT2D eigenvalue weighted by molar-refractivity contribution is -0.146. The number of hydrogen-bond donors (Lipinski definition) is 3. The third-order valence-corrected chi connectivity index (χ3v) is 4.62. The van der Waals surface area contributed by atoms with Crippen LogP contribution in [0.25, 0.3) is 0 Å². The molecule has 0 aliphatic carbocycles. The minimum atomic E-state index is -1.66. The van der Waals surface area contributed by atoms with Gasteiger partial charge in [-0.2, -0.15) is 0 Å². The highest BCUT2D eigenvalue weighted by Gasteiger charge is 2.32. The van der Waals surface area contributed by atoms with E-state index < -0.39 is 36.0 Å². The number of methoxy groups -OCH3 is 1. The number of ether oxygens (including phenoxy) is 1. The summed E-state index contributed by atoms with van der Waals surface area (Å²) in [5.74, 6) is -1.96. The van der Waals surface area contributed by atoms with Gasteiger partial charge in [0.2, 0.25) is 0 Å². The summed E-state index contributed by atoms with van der Waals surface area (Å²) >= 11 is 3.15. The summed E-state index contributed by atoms with van der Waals surface area (Å²) in [5, 5.41) is 15.9. The van der Waals surface area contributed by atoms with E-state index in [9.17, 15) is 19.5 Å². The molecule has 30 heavy (non-hydrogen) atoms. The van der Waals surface area contributed by atoms with Crippen LogP contribution in [-0.4, -0.2) is 42.1 Å². The van der Waals surface area contributed by atoms with E-state index in [2.05, 4.69) is 33.1 Å². The lowest BCUT2D eigenvalue weighted by Crippen LogP contribution is -2.50. The van der Waals surface area contributed by atoms with Crippen LogP contribution in [0, 0.1) is 0 Å². The summed E-state index contributed by atoms with van der Waals surface area (Å²) in [4.78, 5) is 37.3. The third kappa shape index (κ3) is 6.53. The van der Waals surface area contributed by atoms with Crippen LogP contribution in [0.15, 0.2) is 71.7 Å². The van der Waals surface area contributed by atoms with E-state index in [-0.39, 0.29) is 6.42 Å². The summed E-state index contributed by atoms with van der Waals surface area (Å²) in [7, 11) is 1.20. The second kappa shape index (κ2) is 11.3. The first kappa shape index (κ1) is 23.3. The number of carbonyl (C=O) groups excluding carboxylic acids is 3. The van der Waals surface area contributed by atoms with Gasteiger partial charge in [-0.05, 0) is 22.2 Å². The Morgan fingerprint density at radius 1 is 1.03 bits per heavy atom. The molecule has 2 aromatic carbocycles. The first-order valence-electron chi connectivity index (χ1n) is 9.14. The van der Waals surface area contributed by atoms with Crippen LogP contribution in [0.4, 0.5) is 0 Å². The minimum absolute atomic E-state index is 0.0809. The molecule has 0 radical (unpaired) electrons. The van der Waals surface area contributed by atoms with Crippen molar-refractivity contribution in [2.75, 3.05) is 7.11 Å². The molecule has 0 bridgehead atoms. The second-order valence-electron chi connectivity index (χ2n) is 6.48. The molecule has 158 valence electrons. The van der Waals surface area contributed by atoms with Crippen molar-refractivity contribution in [3.05, 3.63) is 82.9 Å². The molecule has 0 spiro atoms. The van der Waals surface area contributed by atoms with Crippen LogP contribution in [0.2, 0.25) is 0 Å². The van der Waals surface area contributed by atoms with E-state index in [0.29, 0.717) is 15.6 Å². The predicted molar refractivity (Wildman–Crippen MR) is 116 cm³/mol. The minimum Gasteiger partial charge on any atom is -0.467 e. The van der Waals surface area contributed by atoms with E-state index in [1.54, 1.807) is 60.7 Å². The maximum Gasteiger partial charge on any atom is 0.328 e. The molecule has 0 aliphatic heterocycles. The Morgan fingerprint density at radius 2 is 1.60 bits per heavy atom. The smallest absolute Gasteiger partial charge is 0.328 e. The quantitative estimate of drug-likeness (QED) is 0.484. The van der Waals surface area contributed by atoms with Crippen LogP contribution in [-0.2, 0) is 14.3 Å². The molecule has 0 heterocycles. The summed E-state index contributed by atoms with van der Waals surface area (Å²) < 4.78 is 5.17. The predicted octanol–water partition coefficient (Wildman–Crippen LogP) is 2.48. The molecule has 0 saturated heterocycles. The van der Waals surface area contributed by atoms with Gasteiger partial charge in [-0.1, -0.05) is 71.0 Å². The molecule has 0 aromatic heterocycles. The summed E-state index contributed by atoms with van der Waals surface area (Å²) in [6.45, 7) is 3.66. The van der Waals surface area contributed by atoms with Crippen molar-refractivity contribution in [3.8, 4) is 0 Å². The standard InChI is InChI=1S/C22H23BrN2O5/c1-14(23)13-17(22(29)30-2)24-21(28)19(26)18(15-9-5-3-6-10-15)25-20(27)16-11-7-4-8-12-16/h3-12,17-19,26H,1,13H2,2H3,(H,24,28)(H,25,27)/t17-,18+,19-/m1/s1. The Morgan fingerprint density at radius 3 is 2.13 bits per heavy atom. The number of aliphatic hydroxyl groups excluding tert-OH is 1. The van der Waals surface area contributed by atoms with E-state index in [1.807, 2.05) is 0 Å². The number of rotatable bonds is 9. The maximum atomic E-state index is 12.7. The molecule has 2 amide bonds. The Bertz CT molecular complexity index is 889. The molecule has 7 nitrogen and oxygen atoms in total. The molecule has 0 unspecified atom stereocenters. The highest BCUT2D eigenvalue weighted by Crippen LogP contribution is 2.19. The summed E-state index contributed by atoms with van der Waals surface area (Å²) in [6, 6.07) is 15.0. The number of hydrogen-bond acceptors (Lipinski definition) is 5. The van der Waals surface area contributed by atoms with Gasteiger partial charge in [0.15, 0.2) is 6.10 Å². The lowest BCUT2D eigenvalue weighted by Gasteiger charge is -2.26. The van der Waals surface area contributed by atoms with E-state index >= 15 is 0 Å². The molecule has 3 atom stereocenters. The molecular formula is C22H23BrN2O5. The van der Waals surface area contributed by atoms with Crippen LogP contribution >= 0.6 is 15.9 Å². The molecule has 2 rings (SSSR count). The van der Waals surface area contributed by atoms with Crippen molar-refractivity contribution in [1.82, 2.24) is 10.6 Å². The Labute approximate surface area is 183 Å². The maximum absolute atomic E-state index is 12.7. The van der Waals surface area contributed by atoms with Gasteiger partial charge in [-0.3, -0.25) is 9.59 Å². The van der Waals surface area contributed by atoms with E-state index in [1.165, 1.54) is 7.11 Å². The largest absolute Gasteiger partial charge is 0.467 e. The molecule has 3 N–H and O–H groups in total. The molecule has 8 heteroatoms. The summed E-state index contributed by atoms with van der Waals surface area (Å²) in [5.41, 5.74) is 0.915. The first-order valence-corrected chi connectivity index (χ1v) is 9.93. The van der Waals surface area contributed by atoms with Gasteiger partial charge in [0.25, 0.3) is 11.8 Å². The fourth-order valence-electron chi connectivity index (χ4n) is 2.78. The van der Waals surface area contributed by atoms with Crippen LogP contribution in [0.3, 0.4) is 0 Å². The Hall–Kier alpha value is -2.97. The number of benzene rings is 2. The van der Waals surface area contributed by atoms with E-state index in [4.69, 9.17) is 4.74 Å². The van der Waals surface area contributed by atoms with Gasteiger partial charge in [0.05, 0.1) is 13.2 Å². The highest BCUT2D eigenvalue weighted by molar-refractivity contribution is 9.11. The second-order valence-corrected chi connectivity index (χ2v) is 7.60. The van der Waals surface area contributed by atoms with Gasteiger partial charge in [-0.25, -0.2) is 4.79 Å². The van der Waals surface area contributed by atoms with Crippen molar-refractivity contribution in [2.24, 2.45) is 0 Å². The van der Waals surface area contributed by atoms with Gasteiger partial charge in [0.1, 0.15) is 6.04 Å². The highest BCUT2D eigenvalue weighted by atomic mass is 79.9. The fourth-order valence-corrected chi connectivity index (χ4v) is 3.11.